The molecule has 0 spiro atoms. The zero-order chi connectivity index (χ0) is 32.2. The number of carbonyl (C=O) groups excluding carboxylic acids is 1. The number of benzene rings is 3. The highest BCUT2D eigenvalue weighted by atomic mass is 32.2. The topological polar surface area (TPSA) is 145 Å². The first-order valence-electron chi connectivity index (χ1n) is 13.5. The number of anilines is 1. The number of carbonyl (C=O) groups is 1. The fourth-order valence-electron chi connectivity index (χ4n) is 5.00. The number of para-hydroxylation sites is 2. The van der Waals surface area contributed by atoms with E-state index >= 15 is 0 Å². The van der Waals surface area contributed by atoms with Gasteiger partial charge in [0.05, 0.1) is 36.7 Å². The van der Waals surface area contributed by atoms with Crippen LogP contribution in [0.2, 0.25) is 0 Å². The normalized spacial score (nSPS) is 11.4. The Kier molecular flexibility index (Phi) is 9.38. The average molecular weight is 620 g/mol. The fraction of sp³-hybridized carbons (Fsp3) is 0.226. The number of sulfonamides is 1. The summed E-state index contributed by atoms with van der Waals surface area (Å²) in [4.78, 5) is 23.5. The van der Waals surface area contributed by atoms with E-state index in [0.29, 0.717) is 5.75 Å². The lowest BCUT2D eigenvalue weighted by Crippen LogP contribution is -2.40. The summed E-state index contributed by atoms with van der Waals surface area (Å²) in [5, 5.41) is 15.8. The summed E-state index contributed by atoms with van der Waals surface area (Å²) >= 11 is 0. The van der Waals surface area contributed by atoms with E-state index in [4.69, 9.17) is 9.47 Å². The maximum atomic E-state index is 13.9. The number of ether oxygens (including phenoxy) is 2. The van der Waals surface area contributed by atoms with Gasteiger partial charge in [-0.15, -0.1) is 0 Å². The minimum Gasteiger partial charge on any atom is -0.497 e. The van der Waals surface area contributed by atoms with Crippen LogP contribution in [0.4, 0.5) is 11.4 Å². The Bertz CT molecular complexity index is 1840. The van der Waals surface area contributed by atoms with Crippen molar-refractivity contribution < 1.29 is 27.6 Å². The van der Waals surface area contributed by atoms with Crippen LogP contribution in [0.1, 0.15) is 28.1 Å². The quantitative estimate of drug-likeness (QED) is 0.142. The van der Waals surface area contributed by atoms with Crippen molar-refractivity contribution in [1.82, 2.24) is 9.99 Å². The fourth-order valence-corrected chi connectivity index (χ4v) is 6.59. The van der Waals surface area contributed by atoms with E-state index in [-0.39, 0.29) is 11.4 Å². The van der Waals surface area contributed by atoms with Crippen LogP contribution in [-0.2, 0) is 14.8 Å². The zero-order valence-electron chi connectivity index (χ0n) is 25.2. The van der Waals surface area contributed by atoms with Gasteiger partial charge in [-0.3, -0.25) is 19.2 Å². The zero-order valence-corrected chi connectivity index (χ0v) is 26.0. The summed E-state index contributed by atoms with van der Waals surface area (Å²) in [5.74, 6) is -0.340. The van der Waals surface area contributed by atoms with E-state index in [1.165, 1.54) is 50.8 Å². The number of aromatic nitrogens is 1. The first kappa shape index (κ1) is 31.8. The number of hydrogen-bond acceptors (Lipinski definition) is 8. The smallest absolute Gasteiger partial charge is 0.289 e. The lowest BCUT2D eigenvalue weighted by atomic mass is 10.1. The second-order valence-corrected chi connectivity index (χ2v) is 11.8. The number of nitro benzene ring substituents is 1. The largest absolute Gasteiger partial charge is 0.497 e. The highest BCUT2D eigenvalue weighted by Crippen LogP contribution is 2.37. The Morgan fingerprint density at radius 3 is 2.32 bits per heavy atom. The van der Waals surface area contributed by atoms with Crippen LogP contribution < -0.4 is 19.2 Å². The molecule has 13 heteroatoms. The van der Waals surface area contributed by atoms with Crippen LogP contribution in [0.25, 0.3) is 5.69 Å². The van der Waals surface area contributed by atoms with Crippen molar-refractivity contribution in [3.8, 4) is 17.2 Å². The molecule has 0 saturated heterocycles. The van der Waals surface area contributed by atoms with Crippen molar-refractivity contribution in [2.75, 3.05) is 25.1 Å². The summed E-state index contributed by atoms with van der Waals surface area (Å²) in [6.07, 6.45) is 1.49. The maximum absolute atomic E-state index is 13.9. The number of rotatable bonds is 11. The molecular formula is C31H33N5O7S. The predicted octanol–water partition coefficient (Wildman–Crippen LogP) is 4.98. The van der Waals surface area contributed by atoms with E-state index in [1.807, 2.05) is 52.0 Å². The first-order valence-corrected chi connectivity index (χ1v) is 14.9. The minimum atomic E-state index is -4.65. The van der Waals surface area contributed by atoms with Crippen LogP contribution in [0.15, 0.2) is 76.7 Å². The van der Waals surface area contributed by atoms with Crippen molar-refractivity contribution in [1.29, 1.82) is 0 Å². The van der Waals surface area contributed by atoms with Crippen LogP contribution in [0.3, 0.4) is 0 Å². The number of nitrogens with one attached hydrogen (secondary N) is 1. The van der Waals surface area contributed by atoms with E-state index in [1.54, 1.807) is 0 Å². The number of amides is 1. The molecule has 4 rings (SSSR count). The molecule has 0 aliphatic heterocycles. The Labute approximate surface area is 255 Å². The van der Waals surface area contributed by atoms with Gasteiger partial charge in [-0.25, -0.2) is 13.8 Å². The Balaban J connectivity index is 1.67. The number of nitrogens with zero attached hydrogens (tertiary/aromatic N) is 4. The van der Waals surface area contributed by atoms with Crippen molar-refractivity contribution >= 4 is 33.5 Å². The van der Waals surface area contributed by atoms with Crippen molar-refractivity contribution in [3.63, 3.8) is 0 Å². The van der Waals surface area contributed by atoms with Gasteiger partial charge in [0.15, 0.2) is 4.90 Å². The van der Waals surface area contributed by atoms with Gasteiger partial charge in [0.1, 0.15) is 18.0 Å². The molecule has 0 radical (unpaired) electrons. The molecule has 0 saturated carbocycles. The molecule has 0 unspecified atom stereocenters. The van der Waals surface area contributed by atoms with Crippen LogP contribution >= 0.6 is 0 Å². The third-order valence-corrected chi connectivity index (χ3v) is 8.91. The number of nitro groups is 1. The molecule has 1 aromatic heterocycles. The van der Waals surface area contributed by atoms with E-state index in [2.05, 4.69) is 15.1 Å². The molecular weight excluding hydrogens is 586 g/mol. The van der Waals surface area contributed by atoms with Gasteiger partial charge < -0.3 is 14.0 Å². The van der Waals surface area contributed by atoms with Crippen molar-refractivity contribution in [2.24, 2.45) is 5.10 Å². The Hall–Kier alpha value is -5.17. The standard InChI is InChI=1S/C31H33N5O7S/c1-20-10-9-11-21(2)31(20)35-22(3)16-24(23(35)4)18-32-33-30(37)19-34(26-15-14-25(42-5)17-28(26)43-6)44(40,41)29-13-8-7-12-27(29)36(38)39/h7-18H,19H2,1-6H3,(H,33,37)/b32-18+. The predicted molar refractivity (Wildman–Crippen MR) is 168 cm³/mol. The molecule has 1 heterocycles. The van der Waals surface area contributed by atoms with Gasteiger partial charge in [0, 0.05) is 29.1 Å². The molecule has 4 aromatic rings. The van der Waals surface area contributed by atoms with Gasteiger partial charge >= 0.3 is 0 Å². The Morgan fingerprint density at radius 2 is 1.68 bits per heavy atom. The summed E-state index contributed by atoms with van der Waals surface area (Å²) in [6.45, 7) is 7.24. The first-order chi connectivity index (χ1) is 20.9. The summed E-state index contributed by atoms with van der Waals surface area (Å²) < 4.78 is 41.3. The average Bonchev–Trinajstić information content (AvgIpc) is 3.27. The highest BCUT2D eigenvalue weighted by Gasteiger charge is 2.34. The molecule has 0 bridgehead atoms. The van der Waals surface area contributed by atoms with Crippen LogP contribution in [0.5, 0.6) is 11.5 Å². The third kappa shape index (κ3) is 6.27. The van der Waals surface area contributed by atoms with E-state index in [0.717, 1.165) is 50.2 Å². The second-order valence-electron chi connectivity index (χ2n) is 9.97. The van der Waals surface area contributed by atoms with Crippen LogP contribution in [0, 0.1) is 37.8 Å². The molecule has 230 valence electrons. The molecule has 1 N–H and O–H groups in total. The van der Waals surface area contributed by atoms with Gasteiger partial charge in [0.25, 0.3) is 21.6 Å². The van der Waals surface area contributed by atoms with Crippen molar-refractivity contribution in [2.45, 2.75) is 32.6 Å². The lowest BCUT2D eigenvalue weighted by Gasteiger charge is -2.25. The van der Waals surface area contributed by atoms with Gasteiger partial charge in [-0.2, -0.15) is 5.10 Å². The molecule has 0 fully saturated rings. The summed E-state index contributed by atoms with van der Waals surface area (Å²) in [5.41, 5.74) is 7.64. The summed E-state index contributed by atoms with van der Waals surface area (Å²) in [6, 6.07) is 17.2. The van der Waals surface area contributed by atoms with Crippen molar-refractivity contribution in [3.05, 3.63) is 105 Å². The van der Waals surface area contributed by atoms with Gasteiger partial charge in [-0.05, 0) is 63.1 Å². The monoisotopic (exact) mass is 619 g/mol. The third-order valence-electron chi connectivity index (χ3n) is 7.10. The lowest BCUT2D eigenvalue weighted by molar-refractivity contribution is -0.387. The maximum Gasteiger partial charge on any atom is 0.289 e. The molecule has 12 nitrogen and oxygen atoms in total. The molecule has 0 atom stereocenters. The number of hydrazone groups is 1. The van der Waals surface area contributed by atoms with Gasteiger partial charge in [0.2, 0.25) is 0 Å². The second kappa shape index (κ2) is 13.0. The molecule has 44 heavy (non-hydrogen) atoms. The van der Waals surface area contributed by atoms with E-state index in [9.17, 15) is 23.3 Å². The summed E-state index contributed by atoms with van der Waals surface area (Å²) in [7, 11) is -1.89. The molecule has 1 amide bonds. The van der Waals surface area contributed by atoms with Gasteiger partial charge in [-0.1, -0.05) is 30.3 Å². The van der Waals surface area contributed by atoms with Crippen LogP contribution in [-0.4, -0.2) is 50.8 Å². The highest BCUT2D eigenvalue weighted by molar-refractivity contribution is 7.93. The number of aryl methyl sites for hydroxylation is 3. The molecule has 0 aliphatic carbocycles. The molecule has 3 aromatic carbocycles. The Morgan fingerprint density at radius 1 is 1.00 bits per heavy atom. The SMILES string of the molecule is COc1ccc(N(CC(=O)N/N=C/c2cc(C)n(-c3c(C)cccc3C)c2C)S(=O)(=O)c2ccccc2[N+](=O)[O-])c(OC)c1. The van der Waals surface area contributed by atoms with E-state index < -0.39 is 38.0 Å². The molecule has 0 aliphatic rings. The minimum absolute atomic E-state index is 0.0253. The number of hydrogen-bond donors (Lipinski definition) is 1. The number of methoxy groups -OCH3 is 2.